The van der Waals surface area contributed by atoms with Crippen LogP contribution in [0.25, 0.3) is 0 Å². The van der Waals surface area contributed by atoms with Crippen molar-refractivity contribution >= 4 is 11.8 Å². The fourth-order valence-electron chi connectivity index (χ4n) is 3.16. The summed E-state index contributed by atoms with van der Waals surface area (Å²) in [6, 6.07) is 3.71. The van der Waals surface area contributed by atoms with Crippen LogP contribution in [0.15, 0.2) is 18.3 Å². The Hall–Kier alpha value is -0.780. The molecule has 2 saturated heterocycles. The molecule has 3 atom stereocenters. The third-order valence-corrected chi connectivity index (χ3v) is 5.58. The van der Waals surface area contributed by atoms with Gasteiger partial charge in [-0.2, -0.15) is 11.8 Å². The Morgan fingerprint density at radius 1 is 1.55 bits per heavy atom. The number of methoxy groups -OCH3 is 1. The van der Waals surface area contributed by atoms with Gasteiger partial charge in [0.05, 0.1) is 18.8 Å². The van der Waals surface area contributed by atoms with E-state index in [1.54, 1.807) is 19.4 Å². The Labute approximate surface area is 123 Å². The summed E-state index contributed by atoms with van der Waals surface area (Å²) in [5.41, 5.74) is 0.882. The molecule has 20 heavy (non-hydrogen) atoms. The number of nitrogens with zero attached hydrogens (tertiary/aromatic N) is 1. The standard InChI is InChI=1S/C15H21NO3S/c1-18-13-3-2-12(9-16-13)14(17)11-4-6-19-15(8-11)5-7-20-10-15/h2-3,9,11,14,17H,4-8,10H2,1H3. The molecule has 0 aromatic carbocycles. The molecule has 3 heterocycles. The van der Waals surface area contributed by atoms with Crippen molar-refractivity contribution in [2.24, 2.45) is 5.92 Å². The summed E-state index contributed by atoms with van der Waals surface area (Å²) in [6.45, 7) is 0.756. The molecule has 0 bridgehead atoms. The second-order valence-corrected chi connectivity index (χ2v) is 6.77. The minimum absolute atomic E-state index is 0.00840. The fourth-order valence-corrected chi connectivity index (χ4v) is 4.54. The minimum atomic E-state index is -0.459. The van der Waals surface area contributed by atoms with E-state index < -0.39 is 6.10 Å². The van der Waals surface area contributed by atoms with Crippen LogP contribution >= 0.6 is 11.8 Å². The number of thioether (sulfide) groups is 1. The van der Waals surface area contributed by atoms with Gasteiger partial charge < -0.3 is 14.6 Å². The molecular formula is C15H21NO3S. The van der Waals surface area contributed by atoms with Gasteiger partial charge in [-0.15, -0.1) is 0 Å². The summed E-state index contributed by atoms with van der Waals surface area (Å²) in [5.74, 6) is 3.08. The van der Waals surface area contributed by atoms with Crippen molar-refractivity contribution in [3.63, 3.8) is 0 Å². The number of hydrogen-bond donors (Lipinski definition) is 1. The van der Waals surface area contributed by atoms with E-state index in [0.29, 0.717) is 5.88 Å². The zero-order valence-corrected chi connectivity index (χ0v) is 12.6. The lowest BCUT2D eigenvalue weighted by atomic mass is 9.80. The van der Waals surface area contributed by atoms with Crippen LogP contribution in [0.3, 0.4) is 0 Å². The van der Waals surface area contributed by atoms with Gasteiger partial charge in [0.25, 0.3) is 0 Å². The van der Waals surface area contributed by atoms with E-state index in [9.17, 15) is 5.11 Å². The number of rotatable bonds is 3. The number of aliphatic hydroxyl groups is 1. The first-order valence-corrected chi connectivity index (χ1v) is 8.28. The minimum Gasteiger partial charge on any atom is -0.481 e. The molecule has 3 unspecified atom stereocenters. The van der Waals surface area contributed by atoms with Gasteiger partial charge in [0, 0.05) is 24.6 Å². The second-order valence-electron chi connectivity index (χ2n) is 5.67. The molecule has 1 spiro atoms. The maximum Gasteiger partial charge on any atom is 0.212 e. The Balaban J connectivity index is 1.70. The molecule has 0 radical (unpaired) electrons. The molecule has 2 fully saturated rings. The lowest BCUT2D eigenvalue weighted by Gasteiger charge is -2.39. The van der Waals surface area contributed by atoms with E-state index in [0.717, 1.165) is 37.2 Å². The van der Waals surface area contributed by atoms with Crippen molar-refractivity contribution in [2.45, 2.75) is 31.0 Å². The van der Waals surface area contributed by atoms with Crippen LogP contribution in [0.2, 0.25) is 0 Å². The first-order valence-electron chi connectivity index (χ1n) is 7.12. The van der Waals surface area contributed by atoms with Gasteiger partial charge in [-0.3, -0.25) is 0 Å². The van der Waals surface area contributed by atoms with E-state index >= 15 is 0 Å². The third-order valence-electron chi connectivity index (χ3n) is 4.35. The molecular weight excluding hydrogens is 274 g/mol. The predicted octanol–water partition coefficient (Wildman–Crippen LogP) is 2.43. The van der Waals surface area contributed by atoms with Crippen molar-refractivity contribution in [3.8, 4) is 5.88 Å². The van der Waals surface area contributed by atoms with Gasteiger partial charge in [-0.1, -0.05) is 0 Å². The van der Waals surface area contributed by atoms with Crippen LogP contribution in [0.4, 0.5) is 0 Å². The van der Waals surface area contributed by atoms with Crippen LogP contribution in [-0.4, -0.2) is 40.9 Å². The van der Waals surface area contributed by atoms with Crippen molar-refractivity contribution in [2.75, 3.05) is 25.2 Å². The third kappa shape index (κ3) is 2.80. The summed E-state index contributed by atoms with van der Waals surface area (Å²) >= 11 is 1.96. The SMILES string of the molecule is COc1ccc(C(O)C2CCOC3(CCSC3)C2)cn1. The van der Waals surface area contributed by atoms with E-state index in [-0.39, 0.29) is 11.5 Å². The number of aromatic nitrogens is 1. The smallest absolute Gasteiger partial charge is 0.212 e. The largest absolute Gasteiger partial charge is 0.481 e. The van der Waals surface area contributed by atoms with Gasteiger partial charge in [0.1, 0.15) is 0 Å². The molecule has 4 nitrogen and oxygen atoms in total. The summed E-state index contributed by atoms with van der Waals surface area (Å²) in [4.78, 5) is 4.18. The highest BCUT2D eigenvalue weighted by Gasteiger charge is 2.42. The first-order chi connectivity index (χ1) is 9.72. The predicted molar refractivity (Wildman–Crippen MR) is 79.1 cm³/mol. The molecule has 2 aliphatic rings. The number of pyridine rings is 1. The van der Waals surface area contributed by atoms with E-state index in [1.807, 2.05) is 17.8 Å². The summed E-state index contributed by atoms with van der Waals surface area (Å²) in [7, 11) is 1.60. The molecule has 1 aromatic rings. The van der Waals surface area contributed by atoms with Crippen molar-refractivity contribution < 1.29 is 14.6 Å². The van der Waals surface area contributed by atoms with E-state index in [4.69, 9.17) is 9.47 Å². The van der Waals surface area contributed by atoms with Crippen LogP contribution in [-0.2, 0) is 4.74 Å². The molecule has 2 aliphatic heterocycles. The highest BCUT2D eigenvalue weighted by molar-refractivity contribution is 7.99. The molecule has 110 valence electrons. The zero-order valence-electron chi connectivity index (χ0n) is 11.7. The Kier molecular flexibility index (Phi) is 4.19. The molecule has 0 aliphatic carbocycles. The maximum absolute atomic E-state index is 10.6. The van der Waals surface area contributed by atoms with Gasteiger partial charge in [-0.25, -0.2) is 4.98 Å². The van der Waals surface area contributed by atoms with Gasteiger partial charge in [-0.05, 0) is 42.6 Å². The lowest BCUT2D eigenvalue weighted by molar-refractivity contribution is -0.102. The molecule has 0 saturated carbocycles. The summed E-state index contributed by atoms with van der Waals surface area (Å²) in [6.07, 6.45) is 4.24. The monoisotopic (exact) mass is 295 g/mol. The van der Waals surface area contributed by atoms with Crippen molar-refractivity contribution in [1.29, 1.82) is 0 Å². The molecule has 3 rings (SSSR count). The van der Waals surface area contributed by atoms with Crippen LogP contribution in [0.5, 0.6) is 5.88 Å². The van der Waals surface area contributed by atoms with E-state index in [2.05, 4.69) is 4.98 Å². The highest BCUT2D eigenvalue weighted by Crippen LogP contribution is 2.43. The van der Waals surface area contributed by atoms with Crippen LogP contribution in [0, 0.1) is 5.92 Å². The van der Waals surface area contributed by atoms with Crippen LogP contribution < -0.4 is 4.74 Å². The topological polar surface area (TPSA) is 51.6 Å². The average molecular weight is 295 g/mol. The van der Waals surface area contributed by atoms with Gasteiger partial charge in [0.2, 0.25) is 5.88 Å². The highest BCUT2D eigenvalue weighted by atomic mass is 32.2. The number of aliphatic hydroxyl groups excluding tert-OH is 1. The molecule has 1 aromatic heterocycles. The normalized spacial score (nSPS) is 31.4. The maximum atomic E-state index is 10.6. The lowest BCUT2D eigenvalue weighted by Crippen LogP contribution is -2.41. The Morgan fingerprint density at radius 3 is 3.10 bits per heavy atom. The van der Waals surface area contributed by atoms with Crippen molar-refractivity contribution in [1.82, 2.24) is 4.98 Å². The number of ether oxygens (including phenoxy) is 2. The average Bonchev–Trinajstić information content (AvgIpc) is 2.94. The van der Waals surface area contributed by atoms with Gasteiger partial charge in [0.15, 0.2) is 0 Å². The van der Waals surface area contributed by atoms with E-state index in [1.165, 1.54) is 5.75 Å². The van der Waals surface area contributed by atoms with Crippen LogP contribution in [0.1, 0.15) is 30.9 Å². The summed E-state index contributed by atoms with van der Waals surface area (Å²) in [5, 5.41) is 10.6. The molecule has 1 N–H and O–H groups in total. The number of hydrogen-bond acceptors (Lipinski definition) is 5. The second kappa shape index (κ2) is 5.92. The fraction of sp³-hybridized carbons (Fsp3) is 0.667. The Bertz CT molecular complexity index is 445. The quantitative estimate of drug-likeness (QED) is 0.928. The first kappa shape index (κ1) is 14.2. The molecule has 5 heteroatoms. The zero-order chi connectivity index (χ0) is 14.0. The van der Waals surface area contributed by atoms with Crippen molar-refractivity contribution in [3.05, 3.63) is 23.9 Å². The summed E-state index contributed by atoms with van der Waals surface area (Å²) < 4.78 is 11.1. The van der Waals surface area contributed by atoms with Gasteiger partial charge >= 0.3 is 0 Å². The molecule has 0 amide bonds. The Morgan fingerprint density at radius 2 is 2.45 bits per heavy atom.